The normalized spacial score (nSPS) is 10.6. The summed E-state index contributed by atoms with van der Waals surface area (Å²) in [5.41, 5.74) is 0.359. The highest BCUT2D eigenvalue weighted by Gasteiger charge is 2.18. The van der Waals surface area contributed by atoms with Crippen LogP contribution in [0.15, 0.2) is 27.1 Å². The van der Waals surface area contributed by atoms with Gasteiger partial charge >= 0.3 is 0 Å². The Morgan fingerprint density at radius 3 is 2.62 bits per heavy atom. The Bertz CT molecular complexity index is 398. The van der Waals surface area contributed by atoms with Crippen LogP contribution in [-0.4, -0.2) is 30.8 Å². The highest BCUT2D eigenvalue weighted by atomic mass is 79.9. The van der Waals surface area contributed by atoms with Crippen LogP contribution in [0.5, 0.6) is 0 Å². The second-order valence-electron chi connectivity index (χ2n) is 3.20. The van der Waals surface area contributed by atoms with Gasteiger partial charge in [-0.2, -0.15) is 0 Å². The number of hydrogen-bond acceptors (Lipinski definition) is 1. The van der Waals surface area contributed by atoms with Gasteiger partial charge in [0, 0.05) is 16.0 Å². The van der Waals surface area contributed by atoms with E-state index in [1.54, 1.807) is 18.2 Å². The second kappa shape index (κ2) is 5.72. The Morgan fingerprint density at radius 1 is 1.44 bits per heavy atom. The second-order valence-corrected chi connectivity index (χ2v) is 4.97. The van der Waals surface area contributed by atoms with E-state index in [4.69, 9.17) is 0 Å². The highest BCUT2D eigenvalue weighted by Crippen LogP contribution is 2.22. The molecule has 0 unspecified atom stereocenters. The topological polar surface area (TPSA) is 20.3 Å². The summed E-state index contributed by atoms with van der Waals surface area (Å²) in [4.78, 5) is 12.8. The molecule has 1 rings (SSSR count). The molecule has 0 saturated heterocycles. The van der Waals surface area contributed by atoms with Crippen molar-refractivity contribution < 1.29 is 13.6 Å². The van der Waals surface area contributed by atoms with Gasteiger partial charge in [0.25, 0.3) is 12.3 Å². The van der Waals surface area contributed by atoms with Gasteiger partial charge in [0.1, 0.15) is 0 Å². The van der Waals surface area contributed by atoms with Crippen molar-refractivity contribution in [3.05, 3.63) is 32.7 Å². The number of alkyl halides is 2. The van der Waals surface area contributed by atoms with Crippen molar-refractivity contribution >= 4 is 37.8 Å². The zero-order valence-corrected chi connectivity index (χ0v) is 11.6. The summed E-state index contributed by atoms with van der Waals surface area (Å²) in [5, 5.41) is 0. The fourth-order valence-corrected chi connectivity index (χ4v) is 1.93. The summed E-state index contributed by atoms with van der Waals surface area (Å²) in [7, 11) is 1.35. The lowest BCUT2D eigenvalue weighted by Gasteiger charge is -2.17. The third-order valence-electron chi connectivity index (χ3n) is 1.92. The molecule has 16 heavy (non-hydrogen) atoms. The molecule has 0 heterocycles. The number of carbonyl (C=O) groups is 1. The van der Waals surface area contributed by atoms with Crippen molar-refractivity contribution in [1.29, 1.82) is 0 Å². The van der Waals surface area contributed by atoms with Crippen molar-refractivity contribution in [2.24, 2.45) is 0 Å². The number of nitrogens with zero attached hydrogens (tertiary/aromatic N) is 1. The predicted molar refractivity (Wildman–Crippen MR) is 64.8 cm³/mol. The molecule has 0 aliphatic carbocycles. The van der Waals surface area contributed by atoms with Gasteiger partial charge in [-0.3, -0.25) is 4.79 Å². The van der Waals surface area contributed by atoms with E-state index in [0.717, 1.165) is 9.37 Å². The monoisotopic (exact) mass is 355 g/mol. The standard InChI is InChI=1S/C10H9Br2F2NO/c1-15(5-9(13)14)10(16)7-4-6(11)2-3-8(7)12/h2-4,9H,5H2,1H3. The first-order valence-electron chi connectivity index (χ1n) is 4.40. The smallest absolute Gasteiger partial charge is 0.255 e. The molecule has 1 aromatic carbocycles. The van der Waals surface area contributed by atoms with Crippen molar-refractivity contribution in [1.82, 2.24) is 4.90 Å². The highest BCUT2D eigenvalue weighted by molar-refractivity contribution is 9.11. The van der Waals surface area contributed by atoms with E-state index in [9.17, 15) is 13.6 Å². The maximum Gasteiger partial charge on any atom is 0.255 e. The zero-order chi connectivity index (χ0) is 12.3. The average molecular weight is 357 g/mol. The minimum absolute atomic E-state index is 0.359. The van der Waals surface area contributed by atoms with Crippen LogP contribution >= 0.6 is 31.9 Å². The summed E-state index contributed by atoms with van der Waals surface area (Å²) in [6.45, 7) is -0.572. The quantitative estimate of drug-likeness (QED) is 0.811. The number of carbonyl (C=O) groups excluding carboxylic acids is 1. The fourth-order valence-electron chi connectivity index (χ4n) is 1.16. The maximum atomic E-state index is 12.1. The molecule has 6 heteroatoms. The van der Waals surface area contributed by atoms with Gasteiger partial charge in [0.05, 0.1) is 12.1 Å². The summed E-state index contributed by atoms with van der Waals surface area (Å²) in [6.07, 6.45) is -2.53. The molecule has 2 nitrogen and oxygen atoms in total. The predicted octanol–water partition coefficient (Wildman–Crippen LogP) is 3.55. The van der Waals surface area contributed by atoms with Gasteiger partial charge in [-0.15, -0.1) is 0 Å². The van der Waals surface area contributed by atoms with Crippen LogP contribution in [0, 0.1) is 0 Å². The third-order valence-corrected chi connectivity index (χ3v) is 3.10. The molecule has 0 aliphatic rings. The fraction of sp³-hybridized carbons (Fsp3) is 0.300. The molecule has 0 radical (unpaired) electrons. The van der Waals surface area contributed by atoms with Crippen molar-refractivity contribution in [2.45, 2.75) is 6.43 Å². The minimum atomic E-state index is -2.53. The molecule has 0 saturated carbocycles. The summed E-state index contributed by atoms with van der Waals surface area (Å²) in [5.74, 6) is -0.437. The number of benzene rings is 1. The van der Waals surface area contributed by atoms with Gasteiger partial charge < -0.3 is 4.90 Å². The lowest BCUT2D eigenvalue weighted by molar-refractivity contribution is 0.0619. The van der Waals surface area contributed by atoms with E-state index in [2.05, 4.69) is 31.9 Å². The first-order valence-corrected chi connectivity index (χ1v) is 5.99. The van der Waals surface area contributed by atoms with Gasteiger partial charge in [-0.25, -0.2) is 8.78 Å². The largest absolute Gasteiger partial charge is 0.336 e. The van der Waals surface area contributed by atoms with E-state index < -0.39 is 18.9 Å². The van der Waals surface area contributed by atoms with E-state index in [1.807, 2.05) is 0 Å². The van der Waals surface area contributed by atoms with Crippen molar-refractivity contribution in [3.8, 4) is 0 Å². The van der Waals surface area contributed by atoms with Gasteiger partial charge in [0.2, 0.25) is 0 Å². The van der Waals surface area contributed by atoms with E-state index >= 15 is 0 Å². The first kappa shape index (κ1) is 13.6. The van der Waals surface area contributed by atoms with E-state index in [-0.39, 0.29) is 0 Å². The SMILES string of the molecule is CN(CC(F)F)C(=O)c1cc(Br)ccc1Br. The lowest BCUT2D eigenvalue weighted by Crippen LogP contribution is -2.31. The maximum absolute atomic E-state index is 12.1. The van der Waals surface area contributed by atoms with Crippen LogP contribution in [0.2, 0.25) is 0 Å². The van der Waals surface area contributed by atoms with E-state index in [0.29, 0.717) is 10.0 Å². The summed E-state index contributed by atoms with van der Waals surface area (Å²) in [6, 6.07) is 5.04. The van der Waals surface area contributed by atoms with Crippen LogP contribution in [0.3, 0.4) is 0 Å². The third kappa shape index (κ3) is 3.52. The Morgan fingerprint density at radius 2 is 2.06 bits per heavy atom. The molecule has 0 aromatic heterocycles. The first-order chi connectivity index (χ1) is 7.41. The minimum Gasteiger partial charge on any atom is -0.336 e. The number of halogens is 4. The van der Waals surface area contributed by atoms with Crippen molar-refractivity contribution in [3.63, 3.8) is 0 Å². The summed E-state index contributed by atoms with van der Waals surface area (Å²) < 4.78 is 25.6. The van der Waals surface area contributed by atoms with E-state index in [1.165, 1.54) is 7.05 Å². The molecule has 0 atom stereocenters. The Balaban J connectivity index is 2.91. The molecular weight excluding hydrogens is 348 g/mol. The zero-order valence-electron chi connectivity index (χ0n) is 8.38. The van der Waals surface area contributed by atoms with Gasteiger partial charge in [-0.1, -0.05) is 15.9 Å². The van der Waals surface area contributed by atoms with Crippen LogP contribution in [0.1, 0.15) is 10.4 Å². The molecule has 0 bridgehead atoms. The number of rotatable bonds is 3. The molecule has 1 aromatic rings. The number of amides is 1. The molecule has 0 fully saturated rings. The molecule has 0 aliphatic heterocycles. The van der Waals surface area contributed by atoms with Crippen molar-refractivity contribution in [2.75, 3.05) is 13.6 Å². The van der Waals surface area contributed by atoms with Gasteiger partial charge in [-0.05, 0) is 34.1 Å². The van der Waals surface area contributed by atoms with Crippen LogP contribution in [0.4, 0.5) is 8.78 Å². The number of hydrogen-bond donors (Lipinski definition) is 0. The molecular formula is C10H9Br2F2NO. The van der Waals surface area contributed by atoms with Crippen LogP contribution < -0.4 is 0 Å². The van der Waals surface area contributed by atoms with Crippen LogP contribution in [-0.2, 0) is 0 Å². The Kier molecular flexibility index (Phi) is 4.86. The molecule has 1 amide bonds. The Hall–Kier alpha value is -0.490. The molecule has 88 valence electrons. The molecule has 0 N–H and O–H groups in total. The summed E-state index contributed by atoms with van der Waals surface area (Å²) >= 11 is 6.43. The Labute approximate surface area is 109 Å². The van der Waals surface area contributed by atoms with Gasteiger partial charge in [0.15, 0.2) is 0 Å². The molecule has 0 spiro atoms. The average Bonchev–Trinajstić information content (AvgIpc) is 2.19. The lowest BCUT2D eigenvalue weighted by atomic mass is 10.2. The van der Waals surface area contributed by atoms with Crippen LogP contribution in [0.25, 0.3) is 0 Å².